The Balaban J connectivity index is 2.88. The molecule has 0 bridgehead atoms. The second-order valence-corrected chi connectivity index (χ2v) is 3.97. The molecule has 1 atom stereocenters. The summed E-state index contributed by atoms with van der Waals surface area (Å²) in [6, 6.07) is 5.63. The van der Waals surface area contributed by atoms with Crippen LogP contribution in [0.4, 0.5) is 0 Å². The van der Waals surface area contributed by atoms with Crippen molar-refractivity contribution in [3.8, 4) is 0 Å². The summed E-state index contributed by atoms with van der Waals surface area (Å²) >= 11 is 11.8. The lowest BCUT2D eigenvalue weighted by Crippen LogP contribution is -2.14. The molecular formula is C10H13Cl2N. The molecule has 1 aromatic rings. The molecule has 0 aliphatic carbocycles. The fourth-order valence-corrected chi connectivity index (χ4v) is 1.91. The third-order valence-corrected chi connectivity index (χ3v) is 2.57. The monoisotopic (exact) mass is 217 g/mol. The molecule has 0 fully saturated rings. The molecule has 0 aliphatic rings. The van der Waals surface area contributed by atoms with Crippen LogP contribution in [0.1, 0.15) is 18.4 Å². The van der Waals surface area contributed by atoms with Crippen LogP contribution in [0.5, 0.6) is 0 Å². The summed E-state index contributed by atoms with van der Waals surface area (Å²) in [6.07, 6.45) is 0. The number of likely N-dealkylation sites (N-methyl/N-ethyl adjacent to an activating group) is 1. The molecule has 1 unspecified atom stereocenters. The van der Waals surface area contributed by atoms with Crippen LogP contribution in [0.2, 0.25) is 10.0 Å². The van der Waals surface area contributed by atoms with Gasteiger partial charge in [-0.25, -0.2) is 0 Å². The molecule has 72 valence electrons. The summed E-state index contributed by atoms with van der Waals surface area (Å²) in [4.78, 5) is 0. The third kappa shape index (κ3) is 2.87. The maximum absolute atomic E-state index is 6.05. The largest absolute Gasteiger partial charge is 0.319 e. The smallest absolute Gasteiger partial charge is 0.0456 e. The lowest BCUT2D eigenvalue weighted by molar-refractivity contribution is 0.678. The van der Waals surface area contributed by atoms with Gasteiger partial charge in [-0.2, -0.15) is 0 Å². The Labute approximate surface area is 89.0 Å². The average Bonchev–Trinajstić information content (AvgIpc) is 2.04. The van der Waals surface area contributed by atoms with E-state index in [0.29, 0.717) is 10.9 Å². The predicted octanol–water partition coefficient (Wildman–Crippen LogP) is 3.32. The molecule has 0 radical (unpaired) electrons. The molecule has 0 heterocycles. The van der Waals surface area contributed by atoms with Gasteiger partial charge in [0, 0.05) is 16.6 Å². The van der Waals surface area contributed by atoms with Crippen molar-refractivity contribution in [1.29, 1.82) is 0 Å². The minimum atomic E-state index is 0.412. The molecule has 0 aromatic heterocycles. The van der Waals surface area contributed by atoms with Gasteiger partial charge in [0.15, 0.2) is 0 Å². The Kier molecular flexibility index (Phi) is 4.04. The number of benzene rings is 1. The molecule has 0 aliphatic heterocycles. The number of rotatable bonds is 3. The number of nitrogens with one attached hydrogen (secondary N) is 1. The first-order chi connectivity index (χ1) is 6.15. The number of hydrogen-bond acceptors (Lipinski definition) is 1. The van der Waals surface area contributed by atoms with Crippen molar-refractivity contribution < 1.29 is 0 Å². The van der Waals surface area contributed by atoms with Gasteiger partial charge in [0.1, 0.15) is 0 Å². The zero-order valence-electron chi connectivity index (χ0n) is 7.77. The van der Waals surface area contributed by atoms with Gasteiger partial charge in [-0.15, -0.1) is 0 Å². The standard InChI is InChI=1S/C10H13Cl2N/c1-7(6-13-2)9-4-3-8(11)5-10(9)12/h3-5,7,13H,6H2,1-2H3. The van der Waals surface area contributed by atoms with Crippen LogP contribution in [0, 0.1) is 0 Å². The zero-order valence-corrected chi connectivity index (χ0v) is 9.28. The summed E-state index contributed by atoms with van der Waals surface area (Å²) in [7, 11) is 1.93. The van der Waals surface area contributed by atoms with E-state index in [2.05, 4.69) is 12.2 Å². The van der Waals surface area contributed by atoms with Gasteiger partial charge in [0.25, 0.3) is 0 Å². The second-order valence-electron chi connectivity index (χ2n) is 3.12. The van der Waals surface area contributed by atoms with Gasteiger partial charge in [0.05, 0.1) is 0 Å². The van der Waals surface area contributed by atoms with E-state index in [0.717, 1.165) is 17.1 Å². The van der Waals surface area contributed by atoms with E-state index in [1.807, 2.05) is 19.2 Å². The van der Waals surface area contributed by atoms with Crippen molar-refractivity contribution >= 4 is 23.2 Å². The Morgan fingerprint density at radius 2 is 2.08 bits per heavy atom. The summed E-state index contributed by atoms with van der Waals surface area (Å²) in [5, 5.41) is 4.55. The van der Waals surface area contributed by atoms with Gasteiger partial charge in [-0.05, 0) is 30.7 Å². The van der Waals surface area contributed by atoms with Crippen LogP contribution < -0.4 is 5.32 Å². The molecule has 1 rings (SSSR count). The lowest BCUT2D eigenvalue weighted by atomic mass is 10.0. The van der Waals surface area contributed by atoms with Crippen molar-refractivity contribution in [2.24, 2.45) is 0 Å². The lowest BCUT2D eigenvalue weighted by Gasteiger charge is -2.12. The van der Waals surface area contributed by atoms with Crippen LogP contribution in [-0.2, 0) is 0 Å². The van der Waals surface area contributed by atoms with Crippen LogP contribution >= 0.6 is 23.2 Å². The Hall–Kier alpha value is -0.240. The van der Waals surface area contributed by atoms with E-state index in [-0.39, 0.29) is 0 Å². The molecule has 0 amide bonds. The van der Waals surface area contributed by atoms with E-state index < -0.39 is 0 Å². The van der Waals surface area contributed by atoms with Gasteiger partial charge in [-0.3, -0.25) is 0 Å². The molecule has 0 saturated heterocycles. The van der Waals surface area contributed by atoms with E-state index in [9.17, 15) is 0 Å². The first-order valence-electron chi connectivity index (χ1n) is 4.24. The highest BCUT2D eigenvalue weighted by Crippen LogP contribution is 2.26. The summed E-state index contributed by atoms with van der Waals surface area (Å²) in [6.45, 7) is 3.05. The van der Waals surface area contributed by atoms with E-state index in [1.54, 1.807) is 6.07 Å². The van der Waals surface area contributed by atoms with Crippen molar-refractivity contribution in [1.82, 2.24) is 5.32 Å². The predicted molar refractivity (Wildman–Crippen MR) is 58.8 cm³/mol. The highest BCUT2D eigenvalue weighted by molar-refractivity contribution is 6.35. The van der Waals surface area contributed by atoms with Gasteiger partial charge < -0.3 is 5.32 Å². The SMILES string of the molecule is CNCC(C)c1ccc(Cl)cc1Cl. The highest BCUT2D eigenvalue weighted by atomic mass is 35.5. The van der Waals surface area contributed by atoms with Crippen molar-refractivity contribution in [2.75, 3.05) is 13.6 Å². The second kappa shape index (κ2) is 4.85. The van der Waals surface area contributed by atoms with Crippen LogP contribution in [0.15, 0.2) is 18.2 Å². The van der Waals surface area contributed by atoms with Crippen molar-refractivity contribution in [2.45, 2.75) is 12.8 Å². The van der Waals surface area contributed by atoms with Crippen molar-refractivity contribution in [3.63, 3.8) is 0 Å². The van der Waals surface area contributed by atoms with Crippen molar-refractivity contribution in [3.05, 3.63) is 33.8 Å². The quantitative estimate of drug-likeness (QED) is 0.820. The highest BCUT2D eigenvalue weighted by Gasteiger charge is 2.08. The molecular weight excluding hydrogens is 205 g/mol. The Morgan fingerprint density at radius 3 is 2.62 bits per heavy atom. The van der Waals surface area contributed by atoms with Gasteiger partial charge in [0.2, 0.25) is 0 Å². The van der Waals surface area contributed by atoms with E-state index >= 15 is 0 Å². The molecule has 3 heteroatoms. The summed E-state index contributed by atoms with van der Waals surface area (Å²) in [5.41, 5.74) is 1.14. The molecule has 0 spiro atoms. The average molecular weight is 218 g/mol. The fraction of sp³-hybridized carbons (Fsp3) is 0.400. The van der Waals surface area contributed by atoms with Crippen LogP contribution in [0.25, 0.3) is 0 Å². The summed E-state index contributed by atoms with van der Waals surface area (Å²) < 4.78 is 0. The topological polar surface area (TPSA) is 12.0 Å². The van der Waals surface area contributed by atoms with Gasteiger partial charge >= 0.3 is 0 Å². The molecule has 0 saturated carbocycles. The first-order valence-corrected chi connectivity index (χ1v) is 5.00. The van der Waals surface area contributed by atoms with E-state index in [4.69, 9.17) is 23.2 Å². The van der Waals surface area contributed by atoms with E-state index in [1.165, 1.54) is 0 Å². The molecule has 13 heavy (non-hydrogen) atoms. The maximum Gasteiger partial charge on any atom is 0.0456 e. The molecule has 1 aromatic carbocycles. The Morgan fingerprint density at radius 1 is 1.38 bits per heavy atom. The molecule has 1 nitrogen and oxygen atoms in total. The first kappa shape index (κ1) is 10.8. The zero-order chi connectivity index (χ0) is 9.84. The maximum atomic E-state index is 6.05. The van der Waals surface area contributed by atoms with Crippen LogP contribution in [-0.4, -0.2) is 13.6 Å². The number of halogens is 2. The molecule has 1 N–H and O–H groups in total. The minimum absolute atomic E-state index is 0.412. The normalized spacial score (nSPS) is 12.9. The minimum Gasteiger partial charge on any atom is -0.319 e. The van der Waals surface area contributed by atoms with Crippen LogP contribution in [0.3, 0.4) is 0 Å². The Bertz CT molecular complexity index is 286. The van der Waals surface area contributed by atoms with Gasteiger partial charge in [-0.1, -0.05) is 36.2 Å². The third-order valence-electron chi connectivity index (χ3n) is 2.00. The number of hydrogen-bond donors (Lipinski definition) is 1. The summed E-state index contributed by atoms with van der Waals surface area (Å²) in [5.74, 6) is 0.412. The fourth-order valence-electron chi connectivity index (χ4n) is 1.32.